The number of rotatable bonds is 14. The fourth-order valence-electron chi connectivity index (χ4n) is 3.38. The van der Waals surface area contributed by atoms with Crippen LogP contribution in [0.15, 0.2) is 24.3 Å². The van der Waals surface area contributed by atoms with Crippen molar-refractivity contribution in [2.75, 3.05) is 0 Å². The molecule has 0 saturated carbocycles. The van der Waals surface area contributed by atoms with Crippen molar-refractivity contribution in [1.82, 2.24) is 15.0 Å². The van der Waals surface area contributed by atoms with Gasteiger partial charge in [-0.15, -0.1) is 0 Å². The third-order valence-electron chi connectivity index (χ3n) is 5.17. The first-order chi connectivity index (χ1) is 13.4. The summed E-state index contributed by atoms with van der Waals surface area (Å²) in [6, 6.07) is 0.0381. The molecule has 0 N–H and O–H groups in total. The molecule has 0 fully saturated rings. The van der Waals surface area contributed by atoms with Crippen molar-refractivity contribution < 1.29 is 9.53 Å². The molecule has 1 rings (SSSR count). The third-order valence-corrected chi connectivity index (χ3v) is 5.17. The Bertz CT molecular complexity index is 572. The quantitative estimate of drug-likeness (QED) is 0.281. The van der Waals surface area contributed by atoms with Crippen molar-refractivity contribution in [3.05, 3.63) is 24.3 Å². The highest BCUT2D eigenvalue weighted by atomic mass is 16.5. The van der Waals surface area contributed by atoms with Gasteiger partial charge in [0.1, 0.15) is 12.7 Å². The van der Waals surface area contributed by atoms with Gasteiger partial charge in [-0.25, -0.2) is 9.78 Å². The Morgan fingerprint density at radius 3 is 2.04 bits per heavy atom. The molecule has 158 valence electrons. The van der Waals surface area contributed by atoms with E-state index < -0.39 is 5.97 Å². The van der Waals surface area contributed by atoms with Gasteiger partial charge in [-0.05, 0) is 37.5 Å². The van der Waals surface area contributed by atoms with Gasteiger partial charge in [0.2, 0.25) is 0 Å². The Morgan fingerprint density at radius 2 is 1.46 bits per heavy atom. The van der Waals surface area contributed by atoms with Gasteiger partial charge in [-0.3, -0.25) is 0 Å². The van der Waals surface area contributed by atoms with E-state index in [1.807, 2.05) is 6.92 Å². The van der Waals surface area contributed by atoms with Gasteiger partial charge in [-0.2, -0.15) is 9.97 Å². The molecular formula is C23H39N3O2. The molecule has 5 nitrogen and oxygen atoms in total. The lowest BCUT2D eigenvalue weighted by atomic mass is 9.91. The van der Waals surface area contributed by atoms with Crippen LogP contribution < -0.4 is 4.74 Å². The van der Waals surface area contributed by atoms with E-state index in [2.05, 4.69) is 42.6 Å². The van der Waals surface area contributed by atoms with Crippen molar-refractivity contribution in [1.29, 1.82) is 0 Å². The second-order valence-corrected chi connectivity index (χ2v) is 8.69. The number of aromatic nitrogens is 3. The van der Waals surface area contributed by atoms with Crippen molar-refractivity contribution >= 4 is 5.97 Å². The summed E-state index contributed by atoms with van der Waals surface area (Å²) in [5.41, 5.74) is 1.03. The largest absolute Gasteiger partial charge is 0.387 e. The monoisotopic (exact) mass is 389 g/mol. The van der Waals surface area contributed by atoms with Crippen LogP contribution in [0, 0.1) is 17.8 Å². The van der Waals surface area contributed by atoms with Crippen molar-refractivity contribution in [3.63, 3.8) is 0 Å². The third kappa shape index (κ3) is 12.6. The van der Waals surface area contributed by atoms with E-state index in [0.29, 0.717) is 0 Å². The first kappa shape index (κ1) is 24.3. The Kier molecular flexibility index (Phi) is 12.3. The number of carbonyl (C=O) groups excluding carboxylic acids is 1. The molecule has 0 radical (unpaired) electrons. The lowest BCUT2D eigenvalue weighted by Gasteiger charge is -2.15. The van der Waals surface area contributed by atoms with Gasteiger partial charge < -0.3 is 4.74 Å². The molecule has 1 aromatic heterocycles. The number of nitrogens with zero attached hydrogens (tertiary/aromatic N) is 3. The molecular weight excluding hydrogens is 350 g/mol. The highest BCUT2D eigenvalue weighted by Gasteiger charge is 2.08. The average molecular weight is 390 g/mol. The van der Waals surface area contributed by atoms with Crippen LogP contribution in [0.2, 0.25) is 0 Å². The normalized spacial score (nSPS) is 14.1. The predicted octanol–water partition coefficient (Wildman–Crippen LogP) is 6.16. The highest BCUT2D eigenvalue weighted by molar-refractivity contribution is 5.84. The minimum atomic E-state index is -0.428. The molecule has 1 aromatic rings. The van der Waals surface area contributed by atoms with Crippen molar-refractivity contribution in [3.8, 4) is 6.01 Å². The van der Waals surface area contributed by atoms with Gasteiger partial charge >= 0.3 is 12.0 Å². The smallest absolute Gasteiger partial charge is 0.338 e. The van der Waals surface area contributed by atoms with Crippen LogP contribution in [0.1, 0.15) is 92.4 Å². The summed E-state index contributed by atoms with van der Waals surface area (Å²) in [5.74, 6) is 2.00. The van der Waals surface area contributed by atoms with Crippen LogP contribution in [0.25, 0.3) is 0 Å². The van der Waals surface area contributed by atoms with E-state index in [1.54, 1.807) is 0 Å². The second-order valence-electron chi connectivity index (χ2n) is 8.69. The predicted molar refractivity (Wildman–Crippen MR) is 114 cm³/mol. The number of esters is 1. The number of hydrogen-bond acceptors (Lipinski definition) is 5. The Balaban J connectivity index is 2.12. The zero-order valence-corrected chi connectivity index (χ0v) is 18.5. The number of allylic oxidation sites excluding steroid dienone is 1. The Hall–Kier alpha value is -1.78. The SMILES string of the molecule is C/C(=C\C(=O)Oc1ncncn1)CCC[C@H](C)CCC[C@H](C)CCCC(C)C. The lowest BCUT2D eigenvalue weighted by molar-refractivity contribution is -0.129. The maximum Gasteiger partial charge on any atom is 0.338 e. The maximum atomic E-state index is 11.8. The molecule has 2 atom stereocenters. The van der Waals surface area contributed by atoms with Crippen molar-refractivity contribution in [2.24, 2.45) is 17.8 Å². The molecule has 0 aliphatic heterocycles. The minimum absolute atomic E-state index is 0.0381. The molecule has 0 aliphatic carbocycles. The molecule has 0 spiro atoms. The molecule has 28 heavy (non-hydrogen) atoms. The molecule has 1 heterocycles. The summed E-state index contributed by atoms with van der Waals surface area (Å²) in [4.78, 5) is 23.1. The number of ether oxygens (including phenoxy) is 1. The van der Waals surface area contributed by atoms with Crippen LogP contribution >= 0.6 is 0 Å². The van der Waals surface area contributed by atoms with Crippen LogP contribution in [0.5, 0.6) is 6.01 Å². The van der Waals surface area contributed by atoms with Crippen LogP contribution in [0.4, 0.5) is 0 Å². The maximum absolute atomic E-state index is 11.8. The standard InChI is InChI=1S/C23H39N3O2/c1-18(2)9-6-10-19(3)11-7-12-20(4)13-8-14-21(5)15-22(27)28-23-25-16-24-17-26-23/h15-20H,6-14H2,1-5H3/b21-15+/t19-,20-/m1/s1. The van der Waals surface area contributed by atoms with Gasteiger partial charge in [0.05, 0.1) is 0 Å². The summed E-state index contributed by atoms with van der Waals surface area (Å²) < 4.78 is 5.05. The molecule has 0 aromatic carbocycles. The van der Waals surface area contributed by atoms with Gasteiger partial charge in [0.15, 0.2) is 0 Å². The van der Waals surface area contributed by atoms with Gasteiger partial charge in [0, 0.05) is 6.08 Å². The summed E-state index contributed by atoms with van der Waals surface area (Å²) >= 11 is 0. The Morgan fingerprint density at radius 1 is 0.929 bits per heavy atom. The molecule has 0 amide bonds. The van der Waals surface area contributed by atoms with Gasteiger partial charge in [0.25, 0.3) is 0 Å². The fourth-order valence-corrected chi connectivity index (χ4v) is 3.38. The molecule has 0 aliphatic rings. The molecule has 5 heteroatoms. The average Bonchev–Trinajstić information content (AvgIpc) is 2.62. The molecule has 0 bridgehead atoms. The first-order valence-electron chi connectivity index (χ1n) is 10.9. The van der Waals surface area contributed by atoms with Crippen LogP contribution in [-0.2, 0) is 4.79 Å². The lowest BCUT2D eigenvalue weighted by Crippen LogP contribution is -2.07. The first-order valence-corrected chi connectivity index (χ1v) is 10.9. The van der Waals surface area contributed by atoms with E-state index in [-0.39, 0.29) is 6.01 Å². The highest BCUT2D eigenvalue weighted by Crippen LogP contribution is 2.22. The fraction of sp³-hybridized carbons (Fsp3) is 0.739. The summed E-state index contributed by atoms with van der Waals surface area (Å²) in [6.45, 7) is 11.3. The van der Waals surface area contributed by atoms with Crippen LogP contribution in [0.3, 0.4) is 0 Å². The van der Waals surface area contributed by atoms with Crippen molar-refractivity contribution in [2.45, 2.75) is 92.4 Å². The summed E-state index contributed by atoms with van der Waals surface area (Å²) in [6.07, 6.45) is 15.5. The minimum Gasteiger partial charge on any atom is -0.387 e. The zero-order valence-electron chi connectivity index (χ0n) is 18.5. The van der Waals surface area contributed by atoms with E-state index in [9.17, 15) is 4.79 Å². The van der Waals surface area contributed by atoms with Gasteiger partial charge in [-0.1, -0.05) is 78.2 Å². The summed E-state index contributed by atoms with van der Waals surface area (Å²) in [5, 5.41) is 0. The second kappa shape index (κ2) is 14.3. The zero-order chi connectivity index (χ0) is 20.8. The number of carbonyl (C=O) groups is 1. The molecule has 0 saturated heterocycles. The van der Waals surface area contributed by atoms with Crippen LogP contribution in [-0.4, -0.2) is 20.9 Å². The van der Waals surface area contributed by atoms with E-state index >= 15 is 0 Å². The van der Waals surface area contributed by atoms with E-state index in [1.165, 1.54) is 63.7 Å². The molecule has 0 unspecified atom stereocenters. The topological polar surface area (TPSA) is 65.0 Å². The number of hydrogen-bond donors (Lipinski definition) is 0. The Labute approximate surface area is 171 Å². The van der Waals surface area contributed by atoms with E-state index in [0.717, 1.165) is 36.2 Å². The summed E-state index contributed by atoms with van der Waals surface area (Å²) in [7, 11) is 0. The van der Waals surface area contributed by atoms with E-state index in [4.69, 9.17) is 4.74 Å².